The number of likely N-dealkylation sites (tertiary alicyclic amines) is 1. The lowest BCUT2D eigenvalue weighted by Crippen LogP contribution is -2.57. The van der Waals surface area contributed by atoms with E-state index >= 15 is 0 Å². The molecule has 0 aliphatic carbocycles. The van der Waals surface area contributed by atoms with E-state index in [2.05, 4.69) is 5.32 Å². The molecule has 2 heterocycles. The first-order chi connectivity index (χ1) is 11.7. The number of piperidine rings is 1. The molecular weight excluding hydrogens is 306 g/mol. The second-order valence-corrected chi connectivity index (χ2v) is 6.39. The van der Waals surface area contributed by atoms with Crippen molar-refractivity contribution >= 4 is 11.8 Å². The number of carbonyl (C=O) groups is 2. The number of nitrogens with zero attached hydrogens (tertiary/aromatic N) is 2. The fourth-order valence-electron chi connectivity index (χ4n) is 3.57. The summed E-state index contributed by atoms with van der Waals surface area (Å²) in [5, 5.41) is 3.10. The van der Waals surface area contributed by atoms with Gasteiger partial charge in [0.25, 0.3) is 0 Å². The third-order valence-electron chi connectivity index (χ3n) is 4.85. The van der Waals surface area contributed by atoms with Crippen LogP contribution >= 0.6 is 0 Å². The Morgan fingerprint density at radius 2 is 2.17 bits per heavy atom. The molecule has 0 aromatic heterocycles. The number of piperazine rings is 1. The number of nitrogens with one attached hydrogen (secondary N) is 1. The van der Waals surface area contributed by atoms with E-state index in [0.29, 0.717) is 19.5 Å². The molecule has 0 bridgehead atoms. The average molecular weight is 331 g/mol. The number of benzene rings is 1. The van der Waals surface area contributed by atoms with Gasteiger partial charge in [-0.05, 0) is 18.9 Å². The first-order valence-corrected chi connectivity index (χ1v) is 8.59. The van der Waals surface area contributed by atoms with Crippen LogP contribution in [0.15, 0.2) is 24.3 Å². The Labute approximate surface area is 142 Å². The number of amides is 2. The molecule has 130 valence electrons. The van der Waals surface area contributed by atoms with Gasteiger partial charge >= 0.3 is 0 Å². The van der Waals surface area contributed by atoms with Gasteiger partial charge in [0.1, 0.15) is 5.75 Å². The Morgan fingerprint density at radius 1 is 1.33 bits per heavy atom. The molecule has 6 nitrogen and oxygen atoms in total. The molecule has 0 spiro atoms. The molecule has 1 N–H and O–H groups in total. The highest BCUT2D eigenvalue weighted by Gasteiger charge is 2.31. The van der Waals surface area contributed by atoms with Crippen molar-refractivity contribution in [3.05, 3.63) is 29.8 Å². The van der Waals surface area contributed by atoms with Crippen molar-refractivity contribution in [3.8, 4) is 5.75 Å². The molecule has 24 heavy (non-hydrogen) atoms. The second kappa shape index (κ2) is 7.66. The summed E-state index contributed by atoms with van der Waals surface area (Å²) < 4.78 is 5.33. The molecule has 2 fully saturated rings. The molecule has 1 atom stereocenters. The van der Waals surface area contributed by atoms with Crippen molar-refractivity contribution < 1.29 is 14.3 Å². The number of para-hydroxylation sites is 1. The standard InChI is InChI=1S/C18H25N3O3/c1-24-16-7-3-2-5-14(16)11-17(22)20-9-4-6-15(13-20)21-10-8-19-12-18(21)23/h2-3,5,7,15,19H,4,6,8-13H2,1H3. The van der Waals surface area contributed by atoms with Crippen molar-refractivity contribution in [3.63, 3.8) is 0 Å². The van der Waals surface area contributed by atoms with Crippen molar-refractivity contribution in [1.29, 1.82) is 0 Å². The third kappa shape index (κ3) is 3.70. The van der Waals surface area contributed by atoms with Gasteiger partial charge in [-0.15, -0.1) is 0 Å². The maximum atomic E-state index is 12.7. The summed E-state index contributed by atoms with van der Waals surface area (Å²) in [6.45, 7) is 3.38. The molecule has 1 aromatic rings. The highest BCUT2D eigenvalue weighted by atomic mass is 16.5. The summed E-state index contributed by atoms with van der Waals surface area (Å²) in [5.74, 6) is 0.994. The third-order valence-corrected chi connectivity index (χ3v) is 4.85. The molecule has 3 rings (SSSR count). The maximum absolute atomic E-state index is 12.7. The number of hydrogen-bond acceptors (Lipinski definition) is 4. The van der Waals surface area contributed by atoms with E-state index in [1.165, 1.54) is 0 Å². The van der Waals surface area contributed by atoms with Crippen LogP contribution in [-0.4, -0.2) is 67.5 Å². The summed E-state index contributed by atoms with van der Waals surface area (Å²) in [6, 6.07) is 7.78. The van der Waals surface area contributed by atoms with Gasteiger partial charge in [-0.2, -0.15) is 0 Å². The minimum atomic E-state index is 0.104. The molecule has 2 saturated heterocycles. The molecule has 6 heteroatoms. The summed E-state index contributed by atoms with van der Waals surface area (Å²) in [5.41, 5.74) is 0.908. The first-order valence-electron chi connectivity index (χ1n) is 8.59. The summed E-state index contributed by atoms with van der Waals surface area (Å²) in [7, 11) is 1.62. The Kier molecular flexibility index (Phi) is 5.35. The van der Waals surface area contributed by atoms with Crippen LogP contribution < -0.4 is 10.1 Å². The lowest BCUT2D eigenvalue weighted by atomic mass is 10.0. The van der Waals surface area contributed by atoms with Gasteiger partial charge in [0.2, 0.25) is 11.8 Å². The van der Waals surface area contributed by atoms with Gasteiger partial charge < -0.3 is 19.9 Å². The van der Waals surface area contributed by atoms with E-state index in [-0.39, 0.29) is 17.9 Å². The zero-order valence-electron chi connectivity index (χ0n) is 14.2. The molecular formula is C18H25N3O3. The molecule has 2 aliphatic heterocycles. The smallest absolute Gasteiger partial charge is 0.236 e. The van der Waals surface area contributed by atoms with Crippen molar-refractivity contribution in [2.24, 2.45) is 0 Å². The molecule has 2 aliphatic rings. The largest absolute Gasteiger partial charge is 0.496 e. The predicted molar refractivity (Wildman–Crippen MR) is 90.9 cm³/mol. The van der Waals surface area contributed by atoms with Gasteiger partial charge in [-0.25, -0.2) is 0 Å². The topological polar surface area (TPSA) is 61.9 Å². The number of hydrogen-bond donors (Lipinski definition) is 1. The SMILES string of the molecule is COc1ccccc1CC(=O)N1CCCC(N2CCNCC2=O)C1. The number of carbonyl (C=O) groups excluding carboxylic acids is 2. The minimum Gasteiger partial charge on any atom is -0.496 e. The van der Waals surface area contributed by atoms with E-state index in [1.807, 2.05) is 34.1 Å². The molecule has 0 saturated carbocycles. The quantitative estimate of drug-likeness (QED) is 0.880. The number of rotatable bonds is 4. The van der Waals surface area contributed by atoms with E-state index in [9.17, 15) is 9.59 Å². The Bertz CT molecular complexity index is 605. The summed E-state index contributed by atoms with van der Waals surface area (Å²) in [4.78, 5) is 28.6. The van der Waals surface area contributed by atoms with Crippen LogP contribution in [0.1, 0.15) is 18.4 Å². The minimum absolute atomic E-state index is 0.104. The number of ether oxygens (including phenoxy) is 1. The van der Waals surface area contributed by atoms with Crippen molar-refractivity contribution in [2.75, 3.05) is 39.8 Å². The van der Waals surface area contributed by atoms with Crippen LogP contribution in [-0.2, 0) is 16.0 Å². The van der Waals surface area contributed by atoms with E-state index in [0.717, 1.165) is 43.8 Å². The maximum Gasteiger partial charge on any atom is 0.236 e. The van der Waals surface area contributed by atoms with Crippen LogP contribution in [0, 0.1) is 0 Å². The zero-order valence-corrected chi connectivity index (χ0v) is 14.2. The van der Waals surface area contributed by atoms with Gasteiger partial charge in [0.05, 0.1) is 20.1 Å². The van der Waals surface area contributed by atoms with E-state index in [4.69, 9.17) is 4.74 Å². The highest BCUT2D eigenvalue weighted by Crippen LogP contribution is 2.21. The van der Waals surface area contributed by atoms with Crippen LogP contribution in [0.3, 0.4) is 0 Å². The molecule has 1 aromatic carbocycles. The average Bonchev–Trinajstić information content (AvgIpc) is 2.62. The normalized spacial score (nSPS) is 21.7. The van der Waals surface area contributed by atoms with Crippen LogP contribution in [0.25, 0.3) is 0 Å². The Morgan fingerprint density at radius 3 is 2.96 bits per heavy atom. The van der Waals surface area contributed by atoms with Gasteiger partial charge in [-0.3, -0.25) is 9.59 Å². The zero-order chi connectivity index (χ0) is 16.9. The molecule has 1 unspecified atom stereocenters. The van der Waals surface area contributed by atoms with Crippen molar-refractivity contribution in [2.45, 2.75) is 25.3 Å². The van der Waals surface area contributed by atoms with E-state index < -0.39 is 0 Å². The highest BCUT2D eigenvalue weighted by molar-refractivity contribution is 5.81. The fraction of sp³-hybridized carbons (Fsp3) is 0.556. The summed E-state index contributed by atoms with van der Waals surface area (Å²) >= 11 is 0. The number of methoxy groups -OCH3 is 1. The van der Waals surface area contributed by atoms with Crippen LogP contribution in [0.2, 0.25) is 0 Å². The monoisotopic (exact) mass is 331 g/mol. The van der Waals surface area contributed by atoms with Crippen LogP contribution in [0.5, 0.6) is 5.75 Å². The molecule has 2 amide bonds. The fourth-order valence-corrected chi connectivity index (χ4v) is 3.57. The van der Waals surface area contributed by atoms with Gasteiger partial charge in [-0.1, -0.05) is 18.2 Å². The predicted octanol–water partition coefficient (Wildman–Crippen LogP) is 0.661. The Balaban J connectivity index is 1.63. The Hall–Kier alpha value is -2.08. The van der Waals surface area contributed by atoms with Gasteiger partial charge in [0, 0.05) is 37.8 Å². The van der Waals surface area contributed by atoms with E-state index in [1.54, 1.807) is 7.11 Å². The molecule has 0 radical (unpaired) electrons. The second-order valence-electron chi connectivity index (χ2n) is 6.39. The lowest BCUT2D eigenvalue weighted by molar-refractivity contribution is -0.140. The first kappa shape index (κ1) is 16.8. The summed E-state index contributed by atoms with van der Waals surface area (Å²) in [6.07, 6.45) is 2.26. The van der Waals surface area contributed by atoms with Crippen LogP contribution in [0.4, 0.5) is 0 Å². The van der Waals surface area contributed by atoms with Crippen molar-refractivity contribution in [1.82, 2.24) is 15.1 Å². The lowest BCUT2D eigenvalue weighted by Gasteiger charge is -2.41. The van der Waals surface area contributed by atoms with Gasteiger partial charge in [0.15, 0.2) is 0 Å².